The number of anilines is 2. The maximum atomic E-state index is 11.1. The lowest BCUT2D eigenvalue weighted by atomic mass is 10.2. The zero-order valence-corrected chi connectivity index (χ0v) is 10.4. The predicted molar refractivity (Wildman–Crippen MR) is 69.2 cm³/mol. The maximum absolute atomic E-state index is 11.1. The Hall–Kier alpha value is -1.82. The average molecular weight is 238 g/mol. The minimum Gasteiger partial charge on any atom is -0.379 e. The highest BCUT2D eigenvalue weighted by Gasteiger charge is 2.19. The zero-order valence-electron chi connectivity index (χ0n) is 10.4. The number of nitro groups is 1. The third-order valence-corrected chi connectivity index (χ3v) is 2.13. The molecule has 0 spiro atoms. The van der Waals surface area contributed by atoms with Crippen LogP contribution in [0.25, 0.3) is 0 Å². The molecule has 6 heteroatoms. The van der Waals surface area contributed by atoms with Gasteiger partial charge in [-0.05, 0) is 18.6 Å². The van der Waals surface area contributed by atoms with Crippen molar-refractivity contribution < 1.29 is 4.92 Å². The van der Waals surface area contributed by atoms with E-state index in [1.165, 1.54) is 0 Å². The van der Waals surface area contributed by atoms with Crippen molar-refractivity contribution in [1.29, 1.82) is 0 Å². The molecule has 0 heterocycles. The van der Waals surface area contributed by atoms with Gasteiger partial charge >= 0.3 is 5.69 Å². The molecule has 0 aliphatic heterocycles. The summed E-state index contributed by atoms with van der Waals surface area (Å²) in [7, 11) is 3.58. The molecule has 94 valence electrons. The Morgan fingerprint density at radius 1 is 1.35 bits per heavy atom. The Labute approximate surface area is 101 Å². The molecule has 0 amide bonds. The summed E-state index contributed by atoms with van der Waals surface area (Å²) in [6.45, 7) is 2.73. The van der Waals surface area contributed by atoms with Crippen LogP contribution in [0.3, 0.4) is 0 Å². The fourth-order valence-corrected chi connectivity index (χ4v) is 1.47. The molecule has 0 saturated carbocycles. The molecule has 1 rings (SSSR count). The smallest absolute Gasteiger partial charge is 0.316 e. The monoisotopic (exact) mass is 238 g/mol. The van der Waals surface area contributed by atoms with Gasteiger partial charge in [0.05, 0.1) is 4.92 Å². The van der Waals surface area contributed by atoms with Gasteiger partial charge in [-0.2, -0.15) is 0 Å². The van der Waals surface area contributed by atoms with Gasteiger partial charge in [0.25, 0.3) is 0 Å². The first-order valence-electron chi connectivity index (χ1n) is 5.51. The first-order chi connectivity index (χ1) is 8.06. The third-order valence-electron chi connectivity index (χ3n) is 2.13. The van der Waals surface area contributed by atoms with E-state index in [2.05, 4.69) is 10.7 Å². The lowest BCUT2D eigenvalue weighted by Crippen LogP contribution is -2.20. The molecule has 0 aliphatic rings. The van der Waals surface area contributed by atoms with Crippen molar-refractivity contribution in [1.82, 2.24) is 5.01 Å². The summed E-state index contributed by atoms with van der Waals surface area (Å²) in [4.78, 5) is 10.7. The Kier molecular flexibility index (Phi) is 4.71. The predicted octanol–water partition coefficient (Wildman–Crippen LogP) is 2.31. The summed E-state index contributed by atoms with van der Waals surface area (Å²) < 4.78 is 0. The van der Waals surface area contributed by atoms with E-state index in [1.807, 2.05) is 6.92 Å². The number of nitrogens with one attached hydrogen (secondary N) is 2. The summed E-state index contributed by atoms with van der Waals surface area (Å²) >= 11 is 0. The van der Waals surface area contributed by atoms with E-state index in [-0.39, 0.29) is 10.6 Å². The maximum Gasteiger partial charge on any atom is 0.316 e. The van der Waals surface area contributed by atoms with Gasteiger partial charge in [-0.1, -0.05) is 13.0 Å². The first-order valence-corrected chi connectivity index (χ1v) is 5.51. The van der Waals surface area contributed by atoms with Crippen LogP contribution in [0.4, 0.5) is 17.1 Å². The highest BCUT2D eigenvalue weighted by molar-refractivity contribution is 5.75. The average Bonchev–Trinajstić information content (AvgIpc) is 2.25. The van der Waals surface area contributed by atoms with Crippen LogP contribution in [0.15, 0.2) is 18.2 Å². The second-order valence-electron chi connectivity index (χ2n) is 3.89. The second kappa shape index (κ2) is 6.05. The van der Waals surface area contributed by atoms with Crippen LogP contribution in [0.5, 0.6) is 0 Å². The van der Waals surface area contributed by atoms with Crippen LogP contribution in [-0.2, 0) is 0 Å². The fourth-order valence-electron chi connectivity index (χ4n) is 1.47. The second-order valence-corrected chi connectivity index (χ2v) is 3.89. The Morgan fingerprint density at radius 3 is 2.53 bits per heavy atom. The van der Waals surface area contributed by atoms with Crippen LogP contribution in [0.1, 0.15) is 13.3 Å². The molecule has 0 saturated heterocycles. The van der Waals surface area contributed by atoms with Gasteiger partial charge in [-0.3, -0.25) is 10.1 Å². The molecule has 17 heavy (non-hydrogen) atoms. The van der Waals surface area contributed by atoms with Crippen molar-refractivity contribution in [3.05, 3.63) is 28.3 Å². The molecular formula is C11H18N4O2. The van der Waals surface area contributed by atoms with E-state index in [1.54, 1.807) is 37.3 Å². The lowest BCUT2D eigenvalue weighted by Gasteiger charge is -2.15. The number of benzene rings is 1. The molecule has 2 N–H and O–H groups in total. The van der Waals surface area contributed by atoms with Crippen LogP contribution < -0.4 is 10.7 Å². The number of hydrogen-bond donors (Lipinski definition) is 2. The number of nitro benzene ring substituents is 1. The molecule has 1 aromatic rings. The molecular weight excluding hydrogens is 220 g/mol. The van der Waals surface area contributed by atoms with Crippen molar-refractivity contribution in [2.45, 2.75) is 13.3 Å². The van der Waals surface area contributed by atoms with E-state index >= 15 is 0 Å². The highest BCUT2D eigenvalue weighted by Crippen LogP contribution is 2.32. The summed E-state index contributed by atoms with van der Waals surface area (Å²) in [5.41, 5.74) is 4.03. The van der Waals surface area contributed by atoms with Crippen LogP contribution >= 0.6 is 0 Å². The summed E-state index contributed by atoms with van der Waals surface area (Å²) in [5, 5.41) is 15.8. The molecule has 0 unspecified atom stereocenters. The molecule has 0 aromatic heterocycles. The summed E-state index contributed by atoms with van der Waals surface area (Å²) in [5.74, 6) is 0. The van der Waals surface area contributed by atoms with Gasteiger partial charge in [0.1, 0.15) is 11.4 Å². The van der Waals surface area contributed by atoms with Crippen LogP contribution in [-0.4, -0.2) is 30.6 Å². The molecule has 0 fully saturated rings. The molecule has 1 aromatic carbocycles. The van der Waals surface area contributed by atoms with Crippen molar-refractivity contribution in [3.8, 4) is 0 Å². The van der Waals surface area contributed by atoms with Crippen molar-refractivity contribution >= 4 is 17.1 Å². The number of hydrazine groups is 1. The van der Waals surface area contributed by atoms with Gasteiger partial charge in [0.15, 0.2) is 0 Å². The van der Waals surface area contributed by atoms with Crippen LogP contribution in [0.2, 0.25) is 0 Å². The SMILES string of the molecule is CCCNc1cccc(NN(C)C)c1[N+](=O)[O-]. The van der Waals surface area contributed by atoms with Gasteiger partial charge < -0.3 is 10.7 Å². The van der Waals surface area contributed by atoms with E-state index in [4.69, 9.17) is 0 Å². The number of hydrogen-bond acceptors (Lipinski definition) is 5. The molecule has 0 atom stereocenters. The van der Waals surface area contributed by atoms with Gasteiger partial charge in [-0.25, -0.2) is 5.01 Å². The van der Waals surface area contributed by atoms with E-state index < -0.39 is 0 Å². The topological polar surface area (TPSA) is 70.4 Å². The summed E-state index contributed by atoms with van der Waals surface area (Å²) in [6.07, 6.45) is 0.919. The largest absolute Gasteiger partial charge is 0.379 e. The summed E-state index contributed by atoms with van der Waals surface area (Å²) in [6, 6.07) is 5.20. The van der Waals surface area contributed by atoms with Crippen molar-refractivity contribution in [2.24, 2.45) is 0 Å². The van der Waals surface area contributed by atoms with E-state index in [9.17, 15) is 10.1 Å². The minimum atomic E-state index is -0.371. The standard InChI is InChI=1S/C11H18N4O2/c1-4-8-12-9-6-5-7-10(13-14(2)3)11(9)15(16)17/h5-7,12-13H,4,8H2,1-3H3. The van der Waals surface area contributed by atoms with Crippen LogP contribution in [0, 0.1) is 10.1 Å². The van der Waals surface area contributed by atoms with Gasteiger partial charge in [0.2, 0.25) is 0 Å². The highest BCUT2D eigenvalue weighted by atomic mass is 16.6. The zero-order chi connectivity index (χ0) is 12.8. The Bertz CT molecular complexity index is 393. The Morgan fingerprint density at radius 2 is 2.00 bits per heavy atom. The van der Waals surface area contributed by atoms with Crippen molar-refractivity contribution in [3.63, 3.8) is 0 Å². The van der Waals surface area contributed by atoms with Gasteiger partial charge in [-0.15, -0.1) is 0 Å². The quantitative estimate of drug-likeness (QED) is 0.588. The normalized spacial score (nSPS) is 10.4. The van der Waals surface area contributed by atoms with Gasteiger partial charge in [0, 0.05) is 20.6 Å². The number of para-hydroxylation sites is 1. The molecule has 6 nitrogen and oxygen atoms in total. The number of rotatable bonds is 6. The fraction of sp³-hybridized carbons (Fsp3) is 0.455. The third kappa shape index (κ3) is 3.60. The first kappa shape index (κ1) is 13.2. The van der Waals surface area contributed by atoms with Crippen molar-refractivity contribution in [2.75, 3.05) is 31.4 Å². The Balaban J connectivity index is 3.08. The minimum absolute atomic E-state index is 0.0784. The lowest BCUT2D eigenvalue weighted by molar-refractivity contribution is -0.383. The molecule has 0 radical (unpaired) electrons. The van der Waals surface area contributed by atoms with E-state index in [0.717, 1.165) is 6.42 Å². The molecule has 0 bridgehead atoms. The molecule has 0 aliphatic carbocycles. The number of nitrogens with zero attached hydrogens (tertiary/aromatic N) is 2. The van der Waals surface area contributed by atoms with E-state index in [0.29, 0.717) is 17.9 Å².